The summed E-state index contributed by atoms with van der Waals surface area (Å²) in [6.07, 6.45) is 4.86. The van der Waals surface area contributed by atoms with Crippen LogP contribution in [0.25, 0.3) is 0 Å². The molecule has 1 aromatic heterocycles. The van der Waals surface area contributed by atoms with Crippen molar-refractivity contribution in [3.63, 3.8) is 0 Å². The number of nitrogens with one attached hydrogen (secondary N) is 2. The highest BCUT2D eigenvalue weighted by molar-refractivity contribution is 5.74. The first kappa shape index (κ1) is 17.5. The molecule has 7 heteroatoms. The number of benzene rings is 1. The van der Waals surface area contributed by atoms with Crippen LogP contribution in [0.1, 0.15) is 18.5 Å². The van der Waals surface area contributed by atoms with Crippen molar-refractivity contribution in [2.45, 2.75) is 13.0 Å². The minimum Gasteiger partial charge on any atom is -0.496 e. The normalized spacial score (nSPS) is 11.5. The highest BCUT2D eigenvalue weighted by Gasteiger charge is 2.19. The van der Waals surface area contributed by atoms with Gasteiger partial charge in [-0.2, -0.15) is 0 Å². The first-order valence-electron chi connectivity index (χ1n) is 7.77. The molecule has 0 aliphatic carbocycles. The molecule has 0 radical (unpaired) electrons. The molecule has 24 heavy (non-hydrogen) atoms. The van der Waals surface area contributed by atoms with Gasteiger partial charge in [-0.15, -0.1) is 0 Å². The highest BCUT2D eigenvalue weighted by atomic mass is 16.5. The Morgan fingerprint density at radius 1 is 1.29 bits per heavy atom. The molecular weight excluding hydrogens is 306 g/mol. The average molecular weight is 329 g/mol. The second kappa shape index (κ2) is 8.71. The molecule has 0 aliphatic heterocycles. The predicted molar refractivity (Wildman–Crippen MR) is 93.1 cm³/mol. The monoisotopic (exact) mass is 329 g/mol. The summed E-state index contributed by atoms with van der Waals surface area (Å²) in [5, 5.41) is 5.97. The number of hydrogen-bond acceptors (Lipinski definition) is 5. The Hall–Kier alpha value is -2.83. The third kappa shape index (κ3) is 4.58. The van der Waals surface area contributed by atoms with Gasteiger partial charge in [0.15, 0.2) is 0 Å². The molecule has 2 rings (SSSR count). The van der Waals surface area contributed by atoms with Crippen molar-refractivity contribution in [3.05, 3.63) is 48.4 Å². The van der Waals surface area contributed by atoms with Gasteiger partial charge >= 0.3 is 6.03 Å². The van der Waals surface area contributed by atoms with Crippen LogP contribution in [0.3, 0.4) is 0 Å². The van der Waals surface area contributed by atoms with Gasteiger partial charge in [0.1, 0.15) is 11.6 Å². The molecule has 0 unspecified atom stereocenters. The van der Waals surface area contributed by atoms with E-state index in [0.29, 0.717) is 18.9 Å². The van der Waals surface area contributed by atoms with E-state index in [1.807, 2.05) is 31.2 Å². The Labute approximate surface area is 142 Å². The molecule has 0 saturated heterocycles. The van der Waals surface area contributed by atoms with Crippen molar-refractivity contribution in [1.82, 2.24) is 20.2 Å². The molecule has 0 spiro atoms. The number of methoxy groups -OCH3 is 1. The molecule has 1 atom stereocenters. The second-order valence-electron chi connectivity index (χ2n) is 5.28. The lowest BCUT2D eigenvalue weighted by molar-refractivity contribution is 0.194. The number of carbonyl (C=O) groups is 1. The van der Waals surface area contributed by atoms with Crippen LogP contribution in [0.15, 0.2) is 42.9 Å². The number of aromatic nitrogens is 2. The third-order valence-corrected chi connectivity index (χ3v) is 3.76. The number of nitrogens with zero attached hydrogens (tertiary/aromatic N) is 3. The van der Waals surface area contributed by atoms with E-state index in [0.717, 1.165) is 11.3 Å². The fourth-order valence-electron chi connectivity index (χ4n) is 2.27. The van der Waals surface area contributed by atoms with Crippen molar-refractivity contribution in [1.29, 1.82) is 0 Å². The van der Waals surface area contributed by atoms with Crippen LogP contribution in [0.4, 0.5) is 10.6 Å². The molecule has 1 aromatic carbocycles. The number of anilines is 1. The van der Waals surface area contributed by atoms with Crippen molar-refractivity contribution in [3.8, 4) is 5.75 Å². The van der Waals surface area contributed by atoms with Crippen molar-refractivity contribution in [2.75, 3.05) is 32.6 Å². The number of amides is 2. The first-order valence-corrected chi connectivity index (χ1v) is 7.77. The molecular formula is C17H23N5O2. The molecule has 2 amide bonds. The van der Waals surface area contributed by atoms with Crippen LogP contribution in [-0.2, 0) is 0 Å². The standard InChI is InChI=1S/C17H23N5O2/c1-13(14-6-4-5-7-15(14)24-3)22(2)17(23)21-11-10-20-16-12-18-8-9-19-16/h4-9,12-13H,10-11H2,1-3H3,(H,19,20)(H,21,23)/t13-/m0/s1. The van der Waals surface area contributed by atoms with Gasteiger partial charge in [-0.05, 0) is 13.0 Å². The summed E-state index contributed by atoms with van der Waals surface area (Å²) in [4.78, 5) is 22.0. The topological polar surface area (TPSA) is 79.4 Å². The van der Waals surface area contributed by atoms with Gasteiger partial charge in [0.25, 0.3) is 0 Å². The van der Waals surface area contributed by atoms with Crippen LogP contribution in [0, 0.1) is 0 Å². The number of rotatable bonds is 7. The van der Waals surface area contributed by atoms with Crippen molar-refractivity contribution >= 4 is 11.8 Å². The van der Waals surface area contributed by atoms with Crippen LogP contribution >= 0.6 is 0 Å². The number of carbonyl (C=O) groups excluding carboxylic acids is 1. The molecule has 2 aromatic rings. The van der Waals surface area contributed by atoms with Crippen LogP contribution in [0.5, 0.6) is 5.75 Å². The van der Waals surface area contributed by atoms with Gasteiger partial charge < -0.3 is 20.3 Å². The molecule has 0 bridgehead atoms. The quantitative estimate of drug-likeness (QED) is 0.762. The summed E-state index contributed by atoms with van der Waals surface area (Å²) in [6.45, 7) is 3.02. The third-order valence-electron chi connectivity index (χ3n) is 3.76. The molecule has 0 aliphatic rings. The Morgan fingerprint density at radius 3 is 2.79 bits per heavy atom. The summed E-state index contributed by atoms with van der Waals surface area (Å²) >= 11 is 0. The minimum atomic E-state index is -0.144. The van der Waals surface area contributed by atoms with E-state index in [-0.39, 0.29) is 12.1 Å². The van der Waals surface area contributed by atoms with Gasteiger partial charge in [-0.25, -0.2) is 9.78 Å². The maximum absolute atomic E-state index is 12.3. The number of para-hydroxylation sites is 1. The summed E-state index contributed by atoms with van der Waals surface area (Å²) in [5.74, 6) is 1.46. The van der Waals surface area contributed by atoms with E-state index in [4.69, 9.17) is 4.74 Å². The zero-order chi connectivity index (χ0) is 17.4. The zero-order valence-electron chi connectivity index (χ0n) is 14.2. The van der Waals surface area contributed by atoms with Gasteiger partial charge in [0.2, 0.25) is 0 Å². The second-order valence-corrected chi connectivity index (χ2v) is 5.28. The van der Waals surface area contributed by atoms with Crippen LogP contribution < -0.4 is 15.4 Å². The molecule has 2 N–H and O–H groups in total. The van der Waals surface area contributed by atoms with E-state index in [9.17, 15) is 4.79 Å². The fourth-order valence-corrected chi connectivity index (χ4v) is 2.27. The maximum atomic E-state index is 12.3. The summed E-state index contributed by atoms with van der Waals surface area (Å²) in [5.41, 5.74) is 0.968. The number of ether oxygens (including phenoxy) is 1. The smallest absolute Gasteiger partial charge is 0.317 e. The largest absolute Gasteiger partial charge is 0.496 e. The van der Waals surface area contributed by atoms with Crippen LogP contribution in [0.2, 0.25) is 0 Å². The first-order chi connectivity index (χ1) is 11.6. The van der Waals surface area contributed by atoms with Gasteiger partial charge in [-0.1, -0.05) is 18.2 Å². The Kier molecular flexibility index (Phi) is 6.36. The lowest BCUT2D eigenvalue weighted by atomic mass is 10.1. The fraction of sp³-hybridized carbons (Fsp3) is 0.353. The highest BCUT2D eigenvalue weighted by Crippen LogP contribution is 2.27. The van der Waals surface area contributed by atoms with Crippen molar-refractivity contribution in [2.24, 2.45) is 0 Å². The van der Waals surface area contributed by atoms with Crippen molar-refractivity contribution < 1.29 is 9.53 Å². The zero-order valence-corrected chi connectivity index (χ0v) is 14.2. The van der Waals surface area contributed by atoms with E-state index < -0.39 is 0 Å². The molecule has 128 valence electrons. The summed E-state index contributed by atoms with van der Waals surface area (Å²) in [6, 6.07) is 7.45. The molecule has 0 saturated carbocycles. The Balaban J connectivity index is 1.83. The van der Waals surface area contributed by atoms with Gasteiger partial charge in [0.05, 0.1) is 19.3 Å². The van der Waals surface area contributed by atoms with Gasteiger partial charge in [0, 0.05) is 38.1 Å². The van der Waals surface area contributed by atoms with E-state index in [1.165, 1.54) is 0 Å². The molecule has 1 heterocycles. The van der Waals surface area contributed by atoms with E-state index >= 15 is 0 Å². The lowest BCUT2D eigenvalue weighted by Crippen LogP contribution is -2.40. The van der Waals surface area contributed by atoms with Gasteiger partial charge in [-0.3, -0.25) is 4.98 Å². The number of hydrogen-bond donors (Lipinski definition) is 2. The molecule has 7 nitrogen and oxygen atoms in total. The predicted octanol–water partition coefficient (Wildman–Crippen LogP) is 2.30. The van der Waals surface area contributed by atoms with E-state index in [1.54, 1.807) is 37.6 Å². The van der Waals surface area contributed by atoms with Crippen LogP contribution in [-0.4, -0.2) is 48.1 Å². The SMILES string of the molecule is COc1ccccc1[C@H](C)N(C)C(=O)NCCNc1cnccn1. The van der Waals surface area contributed by atoms with E-state index in [2.05, 4.69) is 20.6 Å². The average Bonchev–Trinajstić information content (AvgIpc) is 2.64. The summed E-state index contributed by atoms with van der Waals surface area (Å²) in [7, 11) is 3.40. The Morgan fingerprint density at radius 2 is 2.08 bits per heavy atom. The minimum absolute atomic E-state index is 0.103. The molecule has 0 fully saturated rings. The Bertz CT molecular complexity index is 650. The summed E-state index contributed by atoms with van der Waals surface area (Å²) < 4.78 is 5.36. The number of urea groups is 1. The maximum Gasteiger partial charge on any atom is 0.317 e. The lowest BCUT2D eigenvalue weighted by Gasteiger charge is -2.26.